The molecule has 39 heavy (non-hydrogen) atoms. The fourth-order valence-electron chi connectivity index (χ4n) is 4.53. The lowest BCUT2D eigenvalue weighted by atomic mass is 10.0. The van der Waals surface area contributed by atoms with Crippen LogP contribution in [-0.2, 0) is 10.9 Å². The Labute approximate surface area is 219 Å². The first-order chi connectivity index (χ1) is 18.7. The van der Waals surface area contributed by atoms with Crippen molar-refractivity contribution in [3.63, 3.8) is 0 Å². The normalized spacial score (nSPS) is 17.2. The molecule has 10 nitrogen and oxygen atoms in total. The highest BCUT2D eigenvalue weighted by molar-refractivity contribution is 5.71. The van der Waals surface area contributed by atoms with E-state index in [0.29, 0.717) is 24.1 Å². The number of halogens is 3. The van der Waals surface area contributed by atoms with Crippen LogP contribution in [0.5, 0.6) is 0 Å². The first kappa shape index (κ1) is 26.4. The number of alkyl halides is 3. The highest BCUT2D eigenvalue weighted by Gasteiger charge is 2.43. The van der Waals surface area contributed by atoms with Gasteiger partial charge in [0.2, 0.25) is 11.6 Å². The number of ether oxygens (including phenoxy) is 1. The third-order valence-electron chi connectivity index (χ3n) is 6.39. The predicted octanol–water partition coefficient (Wildman–Crippen LogP) is 5.62. The van der Waals surface area contributed by atoms with Crippen molar-refractivity contribution in [2.24, 2.45) is 0 Å². The highest BCUT2D eigenvalue weighted by Crippen LogP contribution is 2.43. The van der Waals surface area contributed by atoms with E-state index in [4.69, 9.17) is 18.9 Å². The van der Waals surface area contributed by atoms with Gasteiger partial charge < -0.3 is 24.0 Å². The van der Waals surface area contributed by atoms with E-state index in [2.05, 4.69) is 15.3 Å². The van der Waals surface area contributed by atoms with Crippen molar-refractivity contribution in [3.8, 4) is 34.3 Å². The van der Waals surface area contributed by atoms with Gasteiger partial charge in [0.25, 0.3) is 5.89 Å². The monoisotopic (exact) mass is 544 g/mol. The van der Waals surface area contributed by atoms with Gasteiger partial charge in [-0.2, -0.15) is 18.2 Å². The summed E-state index contributed by atoms with van der Waals surface area (Å²) in [5.74, 6) is -1.15. The summed E-state index contributed by atoms with van der Waals surface area (Å²) in [5, 5.41) is 27.1. The summed E-state index contributed by atoms with van der Waals surface area (Å²) in [6, 6.07) is 14.2. The van der Waals surface area contributed by atoms with Crippen LogP contribution >= 0.6 is 0 Å². The van der Waals surface area contributed by atoms with Crippen molar-refractivity contribution < 1.29 is 42.0 Å². The molecular formula is C26H23F3N4O6. The number of rotatable bonds is 7. The molecule has 1 aliphatic rings. The Morgan fingerprint density at radius 3 is 2.49 bits per heavy atom. The fourth-order valence-corrected chi connectivity index (χ4v) is 4.53. The molecule has 2 N–H and O–H groups in total. The summed E-state index contributed by atoms with van der Waals surface area (Å²) in [5.41, 5.74) is -0.308. The number of β-amino-alcohol motifs (C(OH)–C–C–N with tert-alkyl or cyclic N) is 1. The molecule has 0 saturated carbocycles. The Bertz CT molecular complexity index is 1420. The maximum atomic E-state index is 14.0. The lowest BCUT2D eigenvalue weighted by molar-refractivity contribution is -0.137. The van der Waals surface area contributed by atoms with Gasteiger partial charge >= 0.3 is 12.3 Å². The topological polar surface area (TPSA) is 135 Å². The summed E-state index contributed by atoms with van der Waals surface area (Å²) >= 11 is 0. The van der Waals surface area contributed by atoms with Gasteiger partial charge in [0.1, 0.15) is 11.3 Å². The summed E-state index contributed by atoms with van der Waals surface area (Å²) in [4.78, 5) is 16.8. The average Bonchev–Trinajstić information content (AvgIpc) is 3.58. The van der Waals surface area contributed by atoms with Gasteiger partial charge in [-0.05, 0) is 24.8 Å². The van der Waals surface area contributed by atoms with E-state index in [1.54, 1.807) is 47.4 Å². The van der Waals surface area contributed by atoms with E-state index in [-0.39, 0.29) is 23.6 Å². The van der Waals surface area contributed by atoms with Gasteiger partial charge in [0, 0.05) is 24.2 Å². The van der Waals surface area contributed by atoms with Crippen molar-refractivity contribution in [1.82, 2.24) is 20.2 Å². The van der Waals surface area contributed by atoms with E-state index in [1.807, 2.05) is 0 Å². The van der Waals surface area contributed by atoms with Crippen LogP contribution in [0, 0.1) is 0 Å². The Kier molecular flexibility index (Phi) is 7.35. The largest absolute Gasteiger partial charge is 0.507 e. The summed E-state index contributed by atoms with van der Waals surface area (Å²) in [6.45, 7) is 0.755. The molecule has 1 unspecified atom stereocenters. The Morgan fingerprint density at radius 1 is 1.05 bits per heavy atom. The van der Waals surface area contributed by atoms with E-state index in [9.17, 15) is 23.1 Å². The number of carboxylic acid groups (broad SMARTS) is 1. The second-order valence-corrected chi connectivity index (χ2v) is 8.99. The van der Waals surface area contributed by atoms with Crippen LogP contribution in [0.25, 0.3) is 34.3 Å². The first-order valence-corrected chi connectivity index (χ1v) is 12.1. The van der Waals surface area contributed by atoms with Gasteiger partial charge in [-0.15, -0.1) is 0 Å². The number of piperidine rings is 1. The van der Waals surface area contributed by atoms with Gasteiger partial charge in [0.05, 0.1) is 6.10 Å². The molecule has 0 radical (unpaired) electrons. The quantitative estimate of drug-likeness (QED) is 0.282. The minimum Gasteiger partial charge on any atom is -0.450 e. The van der Waals surface area contributed by atoms with Crippen LogP contribution in [0.15, 0.2) is 63.6 Å². The Morgan fingerprint density at radius 2 is 1.79 bits per heavy atom. The molecule has 2 aromatic carbocycles. The van der Waals surface area contributed by atoms with E-state index < -0.39 is 41.9 Å². The van der Waals surface area contributed by atoms with Crippen LogP contribution in [0.2, 0.25) is 0 Å². The second kappa shape index (κ2) is 10.9. The molecule has 1 fully saturated rings. The minimum absolute atomic E-state index is 0.0165. The van der Waals surface area contributed by atoms with Gasteiger partial charge in [-0.25, -0.2) is 4.79 Å². The zero-order valence-corrected chi connectivity index (χ0v) is 20.3. The average molecular weight is 544 g/mol. The number of aliphatic hydroxyl groups is 1. The van der Waals surface area contributed by atoms with Crippen molar-refractivity contribution in [3.05, 3.63) is 65.7 Å². The standard InChI is InChI=1S/C26H23F3N4O6/c27-26(28,29)20-21(16-6-2-1-3-7-16)31-38-22(20)24-30-23(32-39-24)17-11-9-15(10-12-17)18(34)14-33-13-5-4-8-19(33)37-25(35)36/h1-3,6-7,9-12,18-19,34H,4-5,8,13-14H2,(H,35,36)/t18?,19-/m1/s1. The molecule has 2 aromatic heterocycles. The smallest absolute Gasteiger partial charge is 0.450 e. The molecule has 3 heterocycles. The van der Waals surface area contributed by atoms with Crippen LogP contribution in [0.3, 0.4) is 0 Å². The van der Waals surface area contributed by atoms with Crippen LogP contribution < -0.4 is 0 Å². The van der Waals surface area contributed by atoms with Gasteiger partial charge in [-0.3, -0.25) is 4.90 Å². The number of hydrogen-bond acceptors (Lipinski definition) is 9. The lowest BCUT2D eigenvalue weighted by Gasteiger charge is -2.35. The molecule has 1 aliphatic heterocycles. The summed E-state index contributed by atoms with van der Waals surface area (Å²) < 4.78 is 56.9. The van der Waals surface area contributed by atoms with E-state index >= 15 is 0 Å². The minimum atomic E-state index is -4.80. The number of aliphatic hydroxyl groups excluding tert-OH is 1. The van der Waals surface area contributed by atoms with Crippen LogP contribution in [0.1, 0.15) is 36.5 Å². The van der Waals surface area contributed by atoms with E-state index in [0.717, 1.165) is 12.8 Å². The maximum Gasteiger partial charge on any atom is 0.507 e. The summed E-state index contributed by atoms with van der Waals surface area (Å²) in [6.07, 6.45) is -5.48. The molecule has 0 amide bonds. The van der Waals surface area contributed by atoms with Crippen molar-refractivity contribution in [1.29, 1.82) is 0 Å². The van der Waals surface area contributed by atoms with Crippen LogP contribution in [-0.4, -0.2) is 55.9 Å². The molecule has 0 bridgehead atoms. The number of carbonyl (C=O) groups is 1. The van der Waals surface area contributed by atoms with Crippen molar-refractivity contribution in [2.45, 2.75) is 37.8 Å². The fraction of sp³-hybridized carbons (Fsp3) is 0.308. The molecular weight excluding hydrogens is 521 g/mol. The number of aromatic nitrogens is 3. The molecule has 4 aromatic rings. The van der Waals surface area contributed by atoms with Gasteiger partial charge in [-0.1, -0.05) is 64.9 Å². The van der Waals surface area contributed by atoms with Gasteiger partial charge in [0.15, 0.2) is 6.23 Å². The molecule has 1 saturated heterocycles. The van der Waals surface area contributed by atoms with Crippen molar-refractivity contribution >= 4 is 6.16 Å². The molecule has 0 aliphatic carbocycles. The third kappa shape index (κ3) is 5.78. The first-order valence-electron chi connectivity index (χ1n) is 12.1. The Balaban J connectivity index is 1.34. The van der Waals surface area contributed by atoms with E-state index in [1.165, 1.54) is 12.1 Å². The third-order valence-corrected chi connectivity index (χ3v) is 6.39. The van der Waals surface area contributed by atoms with Crippen molar-refractivity contribution in [2.75, 3.05) is 13.1 Å². The lowest BCUT2D eigenvalue weighted by Crippen LogP contribution is -2.44. The maximum absolute atomic E-state index is 14.0. The zero-order chi connectivity index (χ0) is 27.6. The molecule has 5 rings (SSSR count). The number of nitrogens with zero attached hydrogens (tertiary/aromatic N) is 4. The number of likely N-dealkylation sites (tertiary alicyclic amines) is 1. The molecule has 13 heteroatoms. The predicted molar refractivity (Wildman–Crippen MR) is 129 cm³/mol. The van der Waals surface area contributed by atoms with Crippen LogP contribution in [0.4, 0.5) is 18.0 Å². The number of benzene rings is 2. The summed E-state index contributed by atoms with van der Waals surface area (Å²) in [7, 11) is 0. The SMILES string of the molecule is O=C(O)O[C@@H]1CCCCN1CC(O)c1ccc(-c2noc(-c3onc(-c4ccccc4)c3C(F)(F)F)n2)cc1. The Hall–Kier alpha value is -4.23. The molecule has 0 spiro atoms. The molecule has 204 valence electrons. The second-order valence-electron chi connectivity index (χ2n) is 8.99. The highest BCUT2D eigenvalue weighted by atomic mass is 19.4. The molecule has 2 atom stereocenters. The number of hydrogen-bond donors (Lipinski definition) is 2. The zero-order valence-electron chi connectivity index (χ0n) is 20.3.